The molecule has 0 bridgehead atoms. The van der Waals surface area contributed by atoms with E-state index in [4.69, 9.17) is 4.74 Å². The van der Waals surface area contributed by atoms with E-state index in [2.05, 4.69) is 19.1 Å². The number of rotatable bonds is 2. The maximum absolute atomic E-state index is 5.31. The van der Waals surface area contributed by atoms with Crippen molar-refractivity contribution in [3.8, 4) is 5.75 Å². The van der Waals surface area contributed by atoms with Gasteiger partial charge in [-0.15, -0.1) is 0 Å². The van der Waals surface area contributed by atoms with Crippen LogP contribution in [0, 0.1) is 19.9 Å². The molecule has 0 spiro atoms. The molecule has 0 saturated carbocycles. The highest BCUT2D eigenvalue weighted by Crippen LogP contribution is 2.14. The SMILES string of the molecule is CCOc1[c]c(C)cc(C)c1. The van der Waals surface area contributed by atoms with E-state index in [1.54, 1.807) is 0 Å². The maximum atomic E-state index is 5.31. The first-order valence-corrected chi connectivity index (χ1v) is 3.85. The van der Waals surface area contributed by atoms with Crippen LogP contribution in [0.3, 0.4) is 0 Å². The van der Waals surface area contributed by atoms with Crippen molar-refractivity contribution in [1.29, 1.82) is 0 Å². The summed E-state index contributed by atoms with van der Waals surface area (Å²) in [7, 11) is 0. The molecule has 1 rings (SSSR count). The second-order valence-corrected chi connectivity index (χ2v) is 2.64. The molecule has 0 N–H and O–H groups in total. The van der Waals surface area contributed by atoms with Gasteiger partial charge in [-0.3, -0.25) is 0 Å². The van der Waals surface area contributed by atoms with Gasteiger partial charge in [0, 0.05) is 6.07 Å². The third-order valence-electron chi connectivity index (χ3n) is 1.42. The van der Waals surface area contributed by atoms with Gasteiger partial charge < -0.3 is 4.74 Å². The second-order valence-electron chi connectivity index (χ2n) is 2.64. The van der Waals surface area contributed by atoms with Gasteiger partial charge in [0.15, 0.2) is 0 Å². The van der Waals surface area contributed by atoms with Gasteiger partial charge in [0.1, 0.15) is 5.75 Å². The van der Waals surface area contributed by atoms with Crippen LogP contribution in [0.25, 0.3) is 0 Å². The van der Waals surface area contributed by atoms with Crippen molar-refractivity contribution in [2.75, 3.05) is 6.61 Å². The van der Waals surface area contributed by atoms with Gasteiger partial charge in [-0.05, 0) is 38.0 Å². The highest BCUT2D eigenvalue weighted by atomic mass is 16.5. The van der Waals surface area contributed by atoms with Crippen molar-refractivity contribution in [3.05, 3.63) is 29.3 Å². The number of hydrogen-bond donors (Lipinski definition) is 0. The van der Waals surface area contributed by atoms with Gasteiger partial charge in [-0.1, -0.05) is 6.07 Å². The number of ether oxygens (including phenoxy) is 1. The lowest BCUT2D eigenvalue weighted by Gasteiger charge is -2.03. The molecule has 0 saturated heterocycles. The molecule has 1 aromatic rings. The summed E-state index contributed by atoms with van der Waals surface area (Å²) in [6.07, 6.45) is 0. The molecule has 1 radical (unpaired) electrons. The van der Waals surface area contributed by atoms with E-state index in [1.807, 2.05) is 19.9 Å². The molecular weight excluding hydrogens is 136 g/mol. The fourth-order valence-corrected chi connectivity index (χ4v) is 1.09. The summed E-state index contributed by atoms with van der Waals surface area (Å²) in [6.45, 7) is 6.77. The predicted molar refractivity (Wildman–Crippen MR) is 45.9 cm³/mol. The molecule has 0 unspecified atom stereocenters. The zero-order chi connectivity index (χ0) is 8.27. The zero-order valence-electron chi connectivity index (χ0n) is 7.27. The first-order valence-electron chi connectivity index (χ1n) is 3.85. The van der Waals surface area contributed by atoms with E-state index in [9.17, 15) is 0 Å². The normalized spacial score (nSPS) is 9.73. The summed E-state index contributed by atoms with van der Waals surface area (Å²) in [4.78, 5) is 0. The van der Waals surface area contributed by atoms with E-state index in [1.165, 1.54) is 5.56 Å². The van der Waals surface area contributed by atoms with Crippen molar-refractivity contribution < 1.29 is 4.74 Å². The minimum atomic E-state index is 0.708. The second kappa shape index (κ2) is 3.42. The Morgan fingerprint density at radius 2 is 2.09 bits per heavy atom. The lowest BCUT2D eigenvalue weighted by Crippen LogP contribution is -1.92. The van der Waals surface area contributed by atoms with Crippen LogP contribution in [0.1, 0.15) is 18.1 Å². The van der Waals surface area contributed by atoms with Crippen molar-refractivity contribution in [3.63, 3.8) is 0 Å². The highest BCUT2D eigenvalue weighted by molar-refractivity contribution is 5.31. The van der Waals surface area contributed by atoms with Crippen LogP contribution < -0.4 is 4.74 Å². The summed E-state index contributed by atoms with van der Waals surface area (Å²) in [5, 5.41) is 0. The fraction of sp³-hybridized carbons (Fsp3) is 0.400. The smallest absolute Gasteiger partial charge is 0.127 e. The molecule has 0 heterocycles. The molecule has 0 fully saturated rings. The van der Waals surface area contributed by atoms with Crippen molar-refractivity contribution in [1.82, 2.24) is 0 Å². The minimum absolute atomic E-state index is 0.708. The number of benzene rings is 1. The number of hydrogen-bond acceptors (Lipinski definition) is 1. The Morgan fingerprint density at radius 1 is 1.36 bits per heavy atom. The van der Waals surface area contributed by atoms with E-state index in [0.29, 0.717) is 6.61 Å². The summed E-state index contributed by atoms with van der Waals surface area (Å²) in [5.74, 6) is 0.852. The van der Waals surface area contributed by atoms with E-state index in [-0.39, 0.29) is 0 Å². The molecule has 1 aromatic carbocycles. The predicted octanol–water partition coefficient (Wildman–Crippen LogP) is 2.50. The van der Waals surface area contributed by atoms with Crippen LogP contribution in [-0.2, 0) is 0 Å². The molecule has 59 valence electrons. The van der Waals surface area contributed by atoms with Crippen molar-refractivity contribution >= 4 is 0 Å². The van der Waals surface area contributed by atoms with Crippen molar-refractivity contribution in [2.45, 2.75) is 20.8 Å². The van der Waals surface area contributed by atoms with E-state index in [0.717, 1.165) is 11.3 Å². The average molecular weight is 149 g/mol. The van der Waals surface area contributed by atoms with Crippen LogP contribution in [0.5, 0.6) is 5.75 Å². The standard InChI is InChI=1S/C10H13O/c1-4-11-10-6-8(2)5-9(3)7-10/h5-6H,4H2,1-3H3. The van der Waals surface area contributed by atoms with Gasteiger partial charge in [0.2, 0.25) is 0 Å². The molecule has 1 nitrogen and oxygen atoms in total. The van der Waals surface area contributed by atoms with Crippen LogP contribution >= 0.6 is 0 Å². The molecule has 0 aliphatic rings. The fourth-order valence-electron chi connectivity index (χ4n) is 1.09. The van der Waals surface area contributed by atoms with Crippen LogP contribution in [0.2, 0.25) is 0 Å². The summed E-state index contributed by atoms with van der Waals surface area (Å²) >= 11 is 0. The first kappa shape index (κ1) is 8.12. The van der Waals surface area contributed by atoms with Gasteiger partial charge in [-0.2, -0.15) is 0 Å². The highest BCUT2D eigenvalue weighted by Gasteiger charge is 1.94. The van der Waals surface area contributed by atoms with Crippen LogP contribution in [0.15, 0.2) is 12.1 Å². The van der Waals surface area contributed by atoms with E-state index >= 15 is 0 Å². The van der Waals surface area contributed by atoms with Gasteiger partial charge in [0.25, 0.3) is 0 Å². The van der Waals surface area contributed by atoms with Gasteiger partial charge in [-0.25, -0.2) is 0 Å². The Kier molecular flexibility index (Phi) is 2.53. The molecule has 0 aliphatic heterocycles. The largest absolute Gasteiger partial charge is 0.493 e. The Bertz CT molecular complexity index is 220. The summed E-state index contributed by atoms with van der Waals surface area (Å²) in [6, 6.07) is 7.21. The molecule has 0 atom stereocenters. The molecule has 1 heteroatoms. The Labute approximate surface area is 68.0 Å². The average Bonchev–Trinajstić information content (AvgIpc) is 1.85. The van der Waals surface area contributed by atoms with E-state index < -0.39 is 0 Å². The molecular formula is C10H13O. The lowest BCUT2D eigenvalue weighted by molar-refractivity contribution is 0.339. The van der Waals surface area contributed by atoms with Gasteiger partial charge in [0.05, 0.1) is 6.61 Å². The molecule has 0 aromatic heterocycles. The molecule has 11 heavy (non-hydrogen) atoms. The lowest BCUT2D eigenvalue weighted by atomic mass is 10.1. The quantitative estimate of drug-likeness (QED) is 0.627. The minimum Gasteiger partial charge on any atom is -0.493 e. The number of aryl methyl sites for hydroxylation is 2. The summed E-state index contributed by atoms with van der Waals surface area (Å²) < 4.78 is 5.31. The first-order chi connectivity index (χ1) is 5.22. The van der Waals surface area contributed by atoms with Crippen LogP contribution in [-0.4, -0.2) is 6.61 Å². The topological polar surface area (TPSA) is 9.23 Å². The maximum Gasteiger partial charge on any atom is 0.127 e. The Balaban J connectivity index is 2.89. The summed E-state index contributed by atoms with van der Waals surface area (Å²) in [5.41, 5.74) is 2.36. The molecule has 0 aliphatic carbocycles. The van der Waals surface area contributed by atoms with Crippen LogP contribution in [0.4, 0.5) is 0 Å². The van der Waals surface area contributed by atoms with Gasteiger partial charge >= 0.3 is 0 Å². The van der Waals surface area contributed by atoms with Crippen molar-refractivity contribution in [2.24, 2.45) is 0 Å². The molecule has 0 amide bonds. The zero-order valence-corrected chi connectivity index (χ0v) is 7.27. The monoisotopic (exact) mass is 149 g/mol. The third kappa shape index (κ3) is 2.26. The third-order valence-corrected chi connectivity index (χ3v) is 1.42. The Hall–Kier alpha value is -0.980. The Morgan fingerprint density at radius 3 is 2.64 bits per heavy atom.